The molecule has 0 aliphatic carbocycles. The minimum Gasteiger partial charge on any atom is -0.493 e. The Morgan fingerprint density at radius 1 is 1.15 bits per heavy atom. The summed E-state index contributed by atoms with van der Waals surface area (Å²) >= 11 is 0. The van der Waals surface area contributed by atoms with E-state index in [-0.39, 0.29) is 5.82 Å². The first-order valence-corrected chi connectivity index (χ1v) is 8.72. The molecule has 0 bridgehead atoms. The molecule has 3 aromatic rings. The van der Waals surface area contributed by atoms with Crippen LogP contribution in [0.1, 0.15) is 41.1 Å². The maximum atomic E-state index is 12.6. The number of pyridine rings is 1. The van der Waals surface area contributed by atoms with Gasteiger partial charge in [-0.1, -0.05) is 11.2 Å². The standard InChI is InChI=1S/C20H21F2N3O2/c1-12-10-16(19-24-20(18(21)22)27-25-19)11-13(2)17(12)26-9-5-7-15-6-4-8-23-14(15)3/h4,6,8,10-11,18H,5,7,9H2,1-3H3. The van der Waals surface area contributed by atoms with Gasteiger partial charge >= 0.3 is 6.43 Å². The van der Waals surface area contributed by atoms with Crippen molar-refractivity contribution >= 4 is 0 Å². The van der Waals surface area contributed by atoms with Crippen molar-refractivity contribution in [2.24, 2.45) is 0 Å². The third-order valence-electron chi connectivity index (χ3n) is 4.30. The van der Waals surface area contributed by atoms with Gasteiger partial charge in [0.25, 0.3) is 5.89 Å². The summed E-state index contributed by atoms with van der Waals surface area (Å²) in [5.41, 5.74) is 4.67. The third kappa shape index (κ3) is 4.48. The average molecular weight is 373 g/mol. The van der Waals surface area contributed by atoms with Crippen LogP contribution in [0.3, 0.4) is 0 Å². The molecule has 0 radical (unpaired) electrons. The highest BCUT2D eigenvalue weighted by atomic mass is 19.3. The minimum atomic E-state index is -2.78. The first kappa shape index (κ1) is 18.9. The molecule has 2 aromatic heterocycles. The molecule has 0 N–H and O–H groups in total. The summed E-state index contributed by atoms with van der Waals surface area (Å²) in [4.78, 5) is 8.02. The quantitative estimate of drug-likeness (QED) is 0.545. The molecule has 3 rings (SSSR count). The molecular weight excluding hydrogens is 352 g/mol. The lowest BCUT2D eigenvalue weighted by molar-refractivity contribution is 0.106. The summed E-state index contributed by atoms with van der Waals surface area (Å²) in [6.07, 6.45) is 0.780. The van der Waals surface area contributed by atoms with Crippen LogP contribution in [0.15, 0.2) is 35.0 Å². The number of hydrogen-bond acceptors (Lipinski definition) is 5. The summed E-state index contributed by atoms with van der Waals surface area (Å²) in [6.45, 7) is 6.39. The van der Waals surface area contributed by atoms with Gasteiger partial charge in [-0.3, -0.25) is 4.98 Å². The summed E-state index contributed by atoms with van der Waals surface area (Å²) in [5.74, 6) is 0.265. The highest BCUT2D eigenvalue weighted by molar-refractivity contribution is 5.61. The van der Waals surface area contributed by atoms with E-state index in [4.69, 9.17) is 4.74 Å². The normalized spacial score (nSPS) is 11.2. The van der Waals surface area contributed by atoms with Crippen molar-refractivity contribution in [2.75, 3.05) is 6.61 Å². The molecule has 0 fully saturated rings. The molecule has 142 valence electrons. The van der Waals surface area contributed by atoms with Crippen LogP contribution < -0.4 is 4.74 Å². The smallest absolute Gasteiger partial charge is 0.315 e. The van der Waals surface area contributed by atoms with Crippen LogP contribution in [0.4, 0.5) is 8.78 Å². The van der Waals surface area contributed by atoms with E-state index in [1.165, 1.54) is 5.56 Å². The molecule has 0 saturated carbocycles. The van der Waals surface area contributed by atoms with E-state index in [9.17, 15) is 8.78 Å². The Balaban J connectivity index is 1.65. The number of alkyl halides is 2. The van der Waals surface area contributed by atoms with E-state index in [1.807, 2.05) is 39.0 Å². The van der Waals surface area contributed by atoms with Crippen molar-refractivity contribution in [3.63, 3.8) is 0 Å². The number of aryl methyl sites for hydroxylation is 4. The van der Waals surface area contributed by atoms with Crippen LogP contribution in [-0.2, 0) is 6.42 Å². The van der Waals surface area contributed by atoms with Gasteiger partial charge in [0.05, 0.1) is 6.61 Å². The highest BCUT2D eigenvalue weighted by Crippen LogP contribution is 2.30. The molecule has 7 heteroatoms. The van der Waals surface area contributed by atoms with Crippen molar-refractivity contribution in [3.05, 3.63) is 58.7 Å². The minimum absolute atomic E-state index is 0.148. The zero-order chi connectivity index (χ0) is 19.4. The lowest BCUT2D eigenvalue weighted by atomic mass is 10.1. The summed E-state index contributed by atoms with van der Waals surface area (Å²) in [6, 6.07) is 7.64. The van der Waals surface area contributed by atoms with Gasteiger partial charge in [0.2, 0.25) is 5.82 Å². The number of hydrogen-bond donors (Lipinski definition) is 0. The van der Waals surface area contributed by atoms with Crippen molar-refractivity contribution < 1.29 is 18.0 Å². The fourth-order valence-electron chi connectivity index (χ4n) is 2.97. The molecule has 2 heterocycles. The first-order chi connectivity index (χ1) is 13.0. The van der Waals surface area contributed by atoms with E-state index < -0.39 is 12.3 Å². The summed E-state index contributed by atoms with van der Waals surface area (Å²) in [5, 5.41) is 3.62. The van der Waals surface area contributed by atoms with E-state index in [1.54, 1.807) is 6.20 Å². The van der Waals surface area contributed by atoms with E-state index in [2.05, 4.69) is 25.7 Å². The number of benzene rings is 1. The molecule has 0 unspecified atom stereocenters. The Hall–Kier alpha value is -2.83. The molecule has 0 saturated heterocycles. The molecule has 1 aromatic carbocycles. The Morgan fingerprint density at radius 2 is 1.89 bits per heavy atom. The predicted molar refractivity (Wildman–Crippen MR) is 97.0 cm³/mol. The molecule has 0 spiro atoms. The van der Waals surface area contributed by atoms with Gasteiger partial charge in [0.15, 0.2) is 0 Å². The Bertz CT molecular complexity index is 902. The summed E-state index contributed by atoms with van der Waals surface area (Å²) in [7, 11) is 0. The van der Waals surface area contributed by atoms with Gasteiger partial charge in [-0.25, -0.2) is 0 Å². The molecule has 0 aliphatic rings. The van der Waals surface area contributed by atoms with E-state index in [0.29, 0.717) is 12.2 Å². The highest BCUT2D eigenvalue weighted by Gasteiger charge is 2.18. The number of halogens is 2. The second-order valence-electron chi connectivity index (χ2n) is 6.40. The number of rotatable bonds is 7. The number of ether oxygens (including phenoxy) is 1. The Morgan fingerprint density at radius 3 is 2.52 bits per heavy atom. The molecule has 5 nitrogen and oxygen atoms in total. The molecule has 0 atom stereocenters. The number of nitrogens with zero attached hydrogens (tertiary/aromatic N) is 3. The second-order valence-corrected chi connectivity index (χ2v) is 6.40. The third-order valence-corrected chi connectivity index (χ3v) is 4.30. The van der Waals surface area contributed by atoms with Gasteiger partial charge in [-0.05, 0) is 68.5 Å². The van der Waals surface area contributed by atoms with Crippen LogP contribution in [0.2, 0.25) is 0 Å². The van der Waals surface area contributed by atoms with Crippen molar-refractivity contribution in [2.45, 2.75) is 40.0 Å². The van der Waals surface area contributed by atoms with Gasteiger partial charge in [0.1, 0.15) is 5.75 Å². The SMILES string of the molecule is Cc1cc(-c2noc(C(F)F)n2)cc(C)c1OCCCc1cccnc1C. The largest absolute Gasteiger partial charge is 0.493 e. The fourth-order valence-corrected chi connectivity index (χ4v) is 2.97. The monoisotopic (exact) mass is 373 g/mol. The van der Waals surface area contributed by atoms with Crippen molar-refractivity contribution in [3.8, 4) is 17.1 Å². The molecular formula is C20H21F2N3O2. The zero-order valence-corrected chi connectivity index (χ0v) is 15.5. The van der Waals surface area contributed by atoms with Crippen LogP contribution in [0.5, 0.6) is 5.75 Å². The summed E-state index contributed by atoms with van der Waals surface area (Å²) < 4.78 is 35.8. The predicted octanol–water partition coefficient (Wildman–Crippen LogP) is 5.01. The molecule has 27 heavy (non-hydrogen) atoms. The van der Waals surface area contributed by atoms with Crippen LogP contribution in [0.25, 0.3) is 11.4 Å². The topological polar surface area (TPSA) is 61.0 Å². The second kappa shape index (κ2) is 8.24. The fraction of sp³-hybridized carbons (Fsp3) is 0.350. The Kier molecular flexibility index (Phi) is 5.78. The van der Waals surface area contributed by atoms with Crippen molar-refractivity contribution in [1.29, 1.82) is 0 Å². The molecule has 0 amide bonds. The van der Waals surface area contributed by atoms with Crippen molar-refractivity contribution in [1.82, 2.24) is 15.1 Å². The van der Waals surface area contributed by atoms with Gasteiger partial charge in [-0.15, -0.1) is 0 Å². The van der Waals surface area contributed by atoms with Gasteiger partial charge in [0, 0.05) is 17.5 Å². The number of aromatic nitrogens is 3. The maximum Gasteiger partial charge on any atom is 0.315 e. The zero-order valence-electron chi connectivity index (χ0n) is 15.5. The van der Waals surface area contributed by atoms with Gasteiger partial charge in [-0.2, -0.15) is 13.8 Å². The van der Waals surface area contributed by atoms with E-state index >= 15 is 0 Å². The first-order valence-electron chi connectivity index (χ1n) is 8.72. The van der Waals surface area contributed by atoms with Crippen LogP contribution >= 0.6 is 0 Å². The van der Waals surface area contributed by atoms with Crippen LogP contribution in [0, 0.1) is 20.8 Å². The average Bonchev–Trinajstić information content (AvgIpc) is 3.12. The Labute approximate surface area is 156 Å². The van der Waals surface area contributed by atoms with Gasteiger partial charge < -0.3 is 9.26 Å². The molecule has 0 aliphatic heterocycles. The van der Waals surface area contributed by atoms with E-state index in [0.717, 1.165) is 35.4 Å². The van der Waals surface area contributed by atoms with Crippen LogP contribution in [-0.4, -0.2) is 21.7 Å². The maximum absolute atomic E-state index is 12.6. The lowest BCUT2D eigenvalue weighted by Crippen LogP contribution is -2.03. The lowest BCUT2D eigenvalue weighted by Gasteiger charge is -2.13.